The summed E-state index contributed by atoms with van der Waals surface area (Å²) in [5.74, 6) is 2.13. The highest BCUT2D eigenvalue weighted by atomic mass is 32.2. The Labute approximate surface area is 212 Å². The molecular formula is C29H34O5S. The average molecular weight is 495 g/mol. The maximum Gasteiger partial charge on any atom is 0.196 e. The average Bonchev–Trinajstić information content (AvgIpc) is 2.90. The monoisotopic (exact) mass is 494 g/mol. The minimum atomic E-state index is -0.950. The van der Waals surface area contributed by atoms with Gasteiger partial charge in [0.05, 0.1) is 32.8 Å². The van der Waals surface area contributed by atoms with E-state index in [1.165, 1.54) is 11.8 Å². The van der Waals surface area contributed by atoms with Gasteiger partial charge in [-0.3, -0.25) is 4.79 Å². The highest BCUT2D eigenvalue weighted by Crippen LogP contribution is 2.43. The van der Waals surface area contributed by atoms with Gasteiger partial charge in [0.1, 0.15) is 17.1 Å². The van der Waals surface area contributed by atoms with E-state index >= 15 is 0 Å². The Kier molecular flexibility index (Phi) is 9.38. The van der Waals surface area contributed by atoms with E-state index in [9.17, 15) is 4.79 Å². The van der Waals surface area contributed by atoms with Crippen LogP contribution in [-0.2, 0) is 19.9 Å². The standard InChI is InChI=1S/C29H34O5S/c1-28(2,27(30)35-20-19-31-3)21-34-29(22-9-7-6-8-10-22,23-11-15-25(32-4)16-12-23)24-13-17-26(33-5)18-14-24/h6-18H,19-21H2,1-5H3. The molecule has 0 radical (unpaired) electrons. The summed E-state index contributed by atoms with van der Waals surface area (Å²) >= 11 is 1.28. The van der Waals surface area contributed by atoms with Crippen LogP contribution in [0.5, 0.6) is 11.5 Å². The van der Waals surface area contributed by atoms with Crippen molar-refractivity contribution in [2.24, 2.45) is 5.41 Å². The molecular weight excluding hydrogens is 460 g/mol. The molecule has 0 aliphatic rings. The van der Waals surface area contributed by atoms with Gasteiger partial charge < -0.3 is 18.9 Å². The molecule has 186 valence electrons. The zero-order valence-corrected chi connectivity index (χ0v) is 21.9. The van der Waals surface area contributed by atoms with Crippen molar-refractivity contribution in [3.05, 3.63) is 95.6 Å². The number of hydrogen-bond donors (Lipinski definition) is 0. The van der Waals surface area contributed by atoms with Gasteiger partial charge in [-0.2, -0.15) is 0 Å². The first-order chi connectivity index (χ1) is 16.9. The molecule has 0 amide bonds. The van der Waals surface area contributed by atoms with Crippen molar-refractivity contribution >= 4 is 16.9 Å². The van der Waals surface area contributed by atoms with Crippen molar-refractivity contribution in [1.82, 2.24) is 0 Å². The molecule has 3 aromatic carbocycles. The Hall–Kier alpha value is -2.80. The molecule has 6 heteroatoms. The fourth-order valence-corrected chi connectivity index (χ4v) is 4.72. The lowest BCUT2D eigenvalue weighted by Crippen LogP contribution is -2.38. The lowest BCUT2D eigenvalue weighted by Gasteiger charge is -2.38. The van der Waals surface area contributed by atoms with Crippen molar-refractivity contribution in [2.75, 3.05) is 40.3 Å². The van der Waals surface area contributed by atoms with E-state index in [4.69, 9.17) is 18.9 Å². The van der Waals surface area contributed by atoms with Crippen LogP contribution in [0.3, 0.4) is 0 Å². The number of carbonyl (C=O) groups excluding carboxylic acids is 1. The van der Waals surface area contributed by atoms with E-state index in [1.807, 2.05) is 80.6 Å². The maximum atomic E-state index is 13.0. The summed E-state index contributed by atoms with van der Waals surface area (Å²) in [7, 11) is 4.93. The van der Waals surface area contributed by atoms with Gasteiger partial charge in [-0.15, -0.1) is 0 Å². The van der Waals surface area contributed by atoms with E-state index in [1.54, 1.807) is 21.3 Å². The Morgan fingerprint density at radius 1 is 0.743 bits per heavy atom. The van der Waals surface area contributed by atoms with Crippen LogP contribution in [0.2, 0.25) is 0 Å². The molecule has 3 rings (SSSR count). The van der Waals surface area contributed by atoms with Crippen LogP contribution in [0.15, 0.2) is 78.9 Å². The van der Waals surface area contributed by atoms with Crippen LogP contribution in [0.4, 0.5) is 0 Å². The molecule has 0 heterocycles. The first-order valence-electron chi connectivity index (χ1n) is 11.5. The molecule has 0 unspecified atom stereocenters. The van der Waals surface area contributed by atoms with Gasteiger partial charge in [-0.05, 0) is 54.8 Å². The van der Waals surface area contributed by atoms with E-state index in [0.29, 0.717) is 12.4 Å². The van der Waals surface area contributed by atoms with Crippen molar-refractivity contribution in [3.63, 3.8) is 0 Å². The second-order valence-electron chi connectivity index (χ2n) is 8.81. The first-order valence-corrected chi connectivity index (χ1v) is 12.5. The minimum Gasteiger partial charge on any atom is -0.497 e. The van der Waals surface area contributed by atoms with Crippen molar-refractivity contribution in [2.45, 2.75) is 19.4 Å². The normalized spacial score (nSPS) is 11.8. The van der Waals surface area contributed by atoms with Crippen LogP contribution in [-0.4, -0.2) is 45.4 Å². The van der Waals surface area contributed by atoms with Gasteiger partial charge in [0.2, 0.25) is 0 Å². The molecule has 0 bridgehead atoms. The van der Waals surface area contributed by atoms with Crippen LogP contribution >= 0.6 is 11.8 Å². The summed E-state index contributed by atoms with van der Waals surface area (Å²) in [6.07, 6.45) is 0. The summed E-state index contributed by atoms with van der Waals surface area (Å²) in [5.41, 5.74) is 1.17. The number of carbonyl (C=O) groups is 1. The SMILES string of the molecule is COCCSC(=O)C(C)(C)COC(c1ccccc1)(c1ccc(OC)cc1)c1ccc(OC)cc1. The van der Waals surface area contributed by atoms with E-state index in [-0.39, 0.29) is 11.7 Å². The van der Waals surface area contributed by atoms with Crippen molar-refractivity contribution < 1.29 is 23.7 Å². The lowest BCUT2D eigenvalue weighted by atomic mass is 9.79. The number of methoxy groups -OCH3 is 3. The van der Waals surface area contributed by atoms with Gasteiger partial charge in [0.15, 0.2) is 5.12 Å². The molecule has 3 aromatic rings. The predicted molar refractivity (Wildman–Crippen MR) is 141 cm³/mol. The quantitative estimate of drug-likeness (QED) is 0.229. The lowest BCUT2D eigenvalue weighted by molar-refractivity contribution is -0.124. The molecule has 5 nitrogen and oxygen atoms in total. The molecule has 35 heavy (non-hydrogen) atoms. The van der Waals surface area contributed by atoms with Gasteiger partial charge >= 0.3 is 0 Å². The van der Waals surface area contributed by atoms with Crippen molar-refractivity contribution in [3.8, 4) is 11.5 Å². The second-order valence-corrected chi connectivity index (χ2v) is 9.87. The van der Waals surface area contributed by atoms with Crippen LogP contribution in [0.1, 0.15) is 30.5 Å². The fraction of sp³-hybridized carbons (Fsp3) is 0.345. The molecule has 0 aromatic heterocycles. The van der Waals surface area contributed by atoms with Crippen LogP contribution < -0.4 is 9.47 Å². The highest BCUT2D eigenvalue weighted by molar-refractivity contribution is 8.13. The molecule has 0 fully saturated rings. The number of rotatable bonds is 12. The summed E-state index contributed by atoms with van der Waals surface area (Å²) < 4.78 is 22.8. The largest absolute Gasteiger partial charge is 0.497 e. The highest BCUT2D eigenvalue weighted by Gasteiger charge is 2.41. The number of ether oxygens (including phenoxy) is 4. The Morgan fingerprint density at radius 2 is 1.23 bits per heavy atom. The smallest absolute Gasteiger partial charge is 0.196 e. The van der Waals surface area contributed by atoms with E-state index in [0.717, 1.165) is 28.2 Å². The molecule has 0 aliphatic heterocycles. The molecule has 0 atom stereocenters. The van der Waals surface area contributed by atoms with E-state index in [2.05, 4.69) is 12.1 Å². The first kappa shape index (κ1) is 26.8. The third-order valence-electron chi connectivity index (χ3n) is 5.90. The number of benzene rings is 3. The van der Waals surface area contributed by atoms with E-state index < -0.39 is 11.0 Å². The van der Waals surface area contributed by atoms with Crippen molar-refractivity contribution in [1.29, 1.82) is 0 Å². The zero-order chi connectivity index (χ0) is 25.3. The minimum absolute atomic E-state index is 0.0703. The second kappa shape index (κ2) is 12.2. The molecule has 0 aliphatic carbocycles. The number of thioether (sulfide) groups is 1. The van der Waals surface area contributed by atoms with Gasteiger partial charge in [-0.25, -0.2) is 0 Å². The zero-order valence-electron chi connectivity index (χ0n) is 21.1. The van der Waals surface area contributed by atoms with Crippen LogP contribution in [0, 0.1) is 5.41 Å². The van der Waals surface area contributed by atoms with Gasteiger partial charge in [-0.1, -0.05) is 66.4 Å². The number of hydrogen-bond acceptors (Lipinski definition) is 6. The maximum absolute atomic E-state index is 13.0. The fourth-order valence-electron chi connectivity index (χ4n) is 3.83. The topological polar surface area (TPSA) is 54.0 Å². The molecule has 0 N–H and O–H groups in total. The third-order valence-corrected chi connectivity index (χ3v) is 7.08. The Balaban J connectivity index is 2.10. The molecule has 0 saturated heterocycles. The summed E-state index contributed by atoms with van der Waals surface area (Å²) in [6.45, 7) is 4.59. The summed E-state index contributed by atoms with van der Waals surface area (Å²) in [6, 6.07) is 25.8. The Morgan fingerprint density at radius 3 is 1.69 bits per heavy atom. The van der Waals surface area contributed by atoms with Gasteiger partial charge in [0.25, 0.3) is 0 Å². The summed E-state index contributed by atoms with van der Waals surface area (Å²) in [4.78, 5) is 13.0. The molecule has 0 saturated carbocycles. The Bertz CT molecular complexity index is 1010. The summed E-state index contributed by atoms with van der Waals surface area (Å²) in [5, 5.41) is 0.0703. The predicted octanol–water partition coefficient (Wildman–Crippen LogP) is 5.94. The van der Waals surface area contributed by atoms with Crippen LogP contribution in [0.25, 0.3) is 0 Å². The molecule has 0 spiro atoms. The third kappa shape index (κ3) is 6.26. The van der Waals surface area contributed by atoms with Gasteiger partial charge in [0, 0.05) is 12.9 Å².